The van der Waals surface area contributed by atoms with Gasteiger partial charge >= 0.3 is 6.18 Å². The highest BCUT2D eigenvalue weighted by atomic mass is 32.2. The van der Waals surface area contributed by atoms with E-state index in [1.165, 1.54) is 10.4 Å². The van der Waals surface area contributed by atoms with Gasteiger partial charge in [0.2, 0.25) is 10.0 Å². The van der Waals surface area contributed by atoms with Gasteiger partial charge in [-0.15, -0.1) is 0 Å². The summed E-state index contributed by atoms with van der Waals surface area (Å²) in [6, 6.07) is 3.89. The van der Waals surface area contributed by atoms with Crippen LogP contribution in [0.2, 0.25) is 0 Å². The molecule has 1 aromatic rings. The van der Waals surface area contributed by atoms with Crippen molar-refractivity contribution in [3.8, 4) is 0 Å². The number of piperidine rings is 1. The third-order valence-electron chi connectivity index (χ3n) is 3.96. The summed E-state index contributed by atoms with van der Waals surface area (Å²) in [5.74, 6) is 0. The maximum Gasteiger partial charge on any atom is 0.416 e. The fraction of sp³-hybridized carbons (Fsp3) is 0.600. The van der Waals surface area contributed by atoms with E-state index in [4.69, 9.17) is 0 Å². The fourth-order valence-corrected chi connectivity index (χ4v) is 4.65. The Labute approximate surface area is 129 Å². The Hall–Kier alpha value is -1.08. The van der Waals surface area contributed by atoms with Crippen molar-refractivity contribution in [1.82, 2.24) is 4.31 Å². The molecule has 0 aliphatic carbocycles. The number of alkyl halides is 3. The zero-order valence-corrected chi connectivity index (χ0v) is 13.3. The van der Waals surface area contributed by atoms with Crippen molar-refractivity contribution in [1.29, 1.82) is 0 Å². The molecule has 1 aliphatic rings. The first kappa shape index (κ1) is 17.3. The van der Waals surface area contributed by atoms with Gasteiger partial charge in [-0.25, -0.2) is 8.42 Å². The van der Waals surface area contributed by atoms with Crippen LogP contribution in [-0.2, 0) is 16.2 Å². The average Bonchev–Trinajstić information content (AvgIpc) is 2.47. The number of sulfonamides is 1. The van der Waals surface area contributed by atoms with Gasteiger partial charge < -0.3 is 0 Å². The van der Waals surface area contributed by atoms with E-state index in [1.54, 1.807) is 0 Å². The second-order valence-corrected chi connectivity index (χ2v) is 7.47. The van der Waals surface area contributed by atoms with Crippen molar-refractivity contribution in [3.05, 3.63) is 29.8 Å². The Morgan fingerprint density at radius 2 is 2.00 bits per heavy atom. The fourth-order valence-electron chi connectivity index (χ4n) is 2.88. The number of nitrogens with zero attached hydrogens (tertiary/aromatic N) is 1. The van der Waals surface area contributed by atoms with E-state index in [1.807, 2.05) is 6.92 Å². The first-order valence-corrected chi connectivity index (χ1v) is 8.90. The Morgan fingerprint density at radius 3 is 2.64 bits per heavy atom. The Kier molecular flexibility index (Phi) is 5.17. The van der Waals surface area contributed by atoms with Crippen LogP contribution in [0.3, 0.4) is 0 Å². The molecule has 124 valence electrons. The molecule has 1 atom stereocenters. The highest BCUT2D eigenvalue weighted by molar-refractivity contribution is 7.89. The largest absolute Gasteiger partial charge is 0.416 e. The van der Waals surface area contributed by atoms with Crippen LogP contribution >= 0.6 is 0 Å². The second-order valence-electron chi connectivity index (χ2n) is 5.58. The van der Waals surface area contributed by atoms with Crippen molar-refractivity contribution in [2.45, 2.75) is 56.1 Å². The van der Waals surface area contributed by atoms with Gasteiger partial charge in [-0.05, 0) is 37.5 Å². The summed E-state index contributed by atoms with van der Waals surface area (Å²) in [5, 5.41) is 0. The van der Waals surface area contributed by atoms with Crippen LogP contribution < -0.4 is 0 Å². The quantitative estimate of drug-likeness (QED) is 0.832. The molecule has 2 rings (SSSR count). The minimum Gasteiger partial charge on any atom is -0.207 e. The maximum absolute atomic E-state index is 12.8. The Morgan fingerprint density at radius 1 is 1.27 bits per heavy atom. The van der Waals surface area contributed by atoms with Crippen molar-refractivity contribution in [3.63, 3.8) is 0 Å². The van der Waals surface area contributed by atoms with Crippen molar-refractivity contribution >= 4 is 10.0 Å². The van der Waals surface area contributed by atoms with Crippen LogP contribution in [0.25, 0.3) is 0 Å². The summed E-state index contributed by atoms with van der Waals surface area (Å²) in [6.07, 6.45) is -0.489. The van der Waals surface area contributed by atoms with Crippen LogP contribution in [0.1, 0.15) is 44.6 Å². The topological polar surface area (TPSA) is 37.4 Å². The van der Waals surface area contributed by atoms with E-state index in [0.29, 0.717) is 6.54 Å². The summed E-state index contributed by atoms with van der Waals surface area (Å²) in [6.45, 7) is 2.35. The average molecular weight is 335 g/mol. The molecular weight excluding hydrogens is 315 g/mol. The molecule has 0 radical (unpaired) electrons. The number of benzene rings is 1. The normalized spacial score (nSPS) is 21.0. The van der Waals surface area contributed by atoms with Gasteiger partial charge in [0.1, 0.15) is 0 Å². The lowest BCUT2D eigenvalue weighted by molar-refractivity contribution is -0.137. The molecule has 1 fully saturated rings. The van der Waals surface area contributed by atoms with Gasteiger partial charge in [-0.1, -0.05) is 25.8 Å². The molecule has 1 aromatic carbocycles. The zero-order chi connectivity index (χ0) is 16.4. The summed E-state index contributed by atoms with van der Waals surface area (Å²) in [7, 11) is -3.88. The van der Waals surface area contributed by atoms with E-state index in [9.17, 15) is 21.6 Å². The van der Waals surface area contributed by atoms with Gasteiger partial charge in [-0.3, -0.25) is 0 Å². The smallest absolute Gasteiger partial charge is 0.207 e. The molecule has 0 spiro atoms. The summed E-state index contributed by atoms with van der Waals surface area (Å²) >= 11 is 0. The van der Waals surface area contributed by atoms with Gasteiger partial charge in [-0.2, -0.15) is 17.5 Å². The van der Waals surface area contributed by atoms with Crippen molar-refractivity contribution in [2.24, 2.45) is 0 Å². The first-order chi connectivity index (χ1) is 10.3. The molecule has 3 nitrogen and oxygen atoms in total. The lowest BCUT2D eigenvalue weighted by Gasteiger charge is -2.34. The molecular formula is C15H20F3NO2S. The van der Waals surface area contributed by atoms with E-state index in [2.05, 4.69) is 0 Å². The summed E-state index contributed by atoms with van der Waals surface area (Å²) in [4.78, 5) is -0.273. The lowest BCUT2D eigenvalue weighted by atomic mass is 10.0. The number of halogens is 3. The molecule has 0 aromatic heterocycles. The molecule has 7 heteroatoms. The van der Waals surface area contributed by atoms with Gasteiger partial charge in [0.15, 0.2) is 0 Å². The highest BCUT2D eigenvalue weighted by Gasteiger charge is 2.35. The monoisotopic (exact) mass is 335 g/mol. The summed E-state index contributed by atoms with van der Waals surface area (Å²) in [5.41, 5.74) is -0.933. The third kappa shape index (κ3) is 3.63. The number of hydrogen-bond donors (Lipinski definition) is 0. The molecule has 1 unspecified atom stereocenters. The zero-order valence-electron chi connectivity index (χ0n) is 12.4. The van der Waals surface area contributed by atoms with E-state index >= 15 is 0 Å². The summed E-state index contributed by atoms with van der Waals surface area (Å²) < 4.78 is 65.2. The predicted octanol–water partition coefficient (Wildman–Crippen LogP) is 4.05. The van der Waals surface area contributed by atoms with Crippen LogP contribution in [0.15, 0.2) is 29.2 Å². The molecule has 0 N–H and O–H groups in total. The van der Waals surface area contributed by atoms with Crippen LogP contribution in [0.5, 0.6) is 0 Å². The minimum atomic E-state index is -4.55. The van der Waals surface area contributed by atoms with Crippen LogP contribution in [0.4, 0.5) is 13.2 Å². The number of rotatable bonds is 4. The van der Waals surface area contributed by atoms with Crippen LogP contribution in [-0.4, -0.2) is 25.3 Å². The molecule has 0 bridgehead atoms. The molecule has 1 saturated heterocycles. The van der Waals surface area contributed by atoms with E-state index < -0.39 is 21.8 Å². The standard InChI is InChI=1S/C15H20F3NO2S/c1-2-6-13-8-3-4-10-19(13)22(20,21)14-9-5-7-12(11-14)15(16,17)18/h5,7,9,11,13H,2-4,6,8,10H2,1H3. The number of hydrogen-bond acceptors (Lipinski definition) is 2. The second kappa shape index (κ2) is 6.58. The van der Waals surface area contributed by atoms with E-state index in [0.717, 1.165) is 50.3 Å². The first-order valence-electron chi connectivity index (χ1n) is 7.46. The highest BCUT2D eigenvalue weighted by Crippen LogP contribution is 2.33. The molecule has 0 saturated carbocycles. The Balaban J connectivity index is 2.37. The molecule has 1 heterocycles. The van der Waals surface area contributed by atoms with Crippen LogP contribution in [0, 0.1) is 0 Å². The maximum atomic E-state index is 12.8. The van der Waals surface area contributed by atoms with Gasteiger partial charge in [0.25, 0.3) is 0 Å². The SMILES string of the molecule is CCCC1CCCCN1S(=O)(=O)c1cccc(C(F)(F)F)c1. The Bertz CT molecular complexity index is 611. The molecule has 0 amide bonds. The predicted molar refractivity (Wildman–Crippen MR) is 77.9 cm³/mol. The molecule has 1 aliphatic heterocycles. The third-order valence-corrected chi connectivity index (χ3v) is 5.91. The lowest BCUT2D eigenvalue weighted by Crippen LogP contribution is -2.43. The van der Waals surface area contributed by atoms with E-state index in [-0.39, 0.29) is 10.9 Å². The van der Waals surface area contributed by atoms with Gasteiger partial charge in [0.05, 0.1) is 10.5 Å². The van der Waals surface area contributed by atoms with Crippen molar-refractivity contribution < 1.29 is 21.6 Å². The van der Waals surface area contributed by atoms with Gasteiger partial charge in [0, 0.05) is 12.6 Å². The molecule has 22 heavy (non-hydrogen) atoms. The minimum absolute atomic E-state index is 0.113. The van der Waals surface area contributed by atoms with Crippen molar-refractivity contribution in [2.75, 3.05) is 6.54 Å².